The van der Waals surface area contributed by atoms with E-state index in [1.165, 1.54) is 13.2 Å². The second-order valence-electron chi connectivity index (χ2n) is 8.67. The van der Waals surface area contributed by atoms with Crippen molar-refractivity contribution in [3.63, 3.8) is 0 Å². The second kappa shape index (κ2) is 6.74. The van der Waals surface area contributed by atoms with Crippen LogP contribution >= 0.6 is 7.29 Å². The molecule has 0 aliphatic heterocycles. The summed E-state index contributed by atoms with van der Waals surface area (Å²) in [4.78, 5) is 11.6. The van der Waals surface area contributed by atoms with Gasteiger partial charge in [-0.25, -0.2) is 4.79 Å². The summed E-state index contributed by atoms with van der Waals surface area (Å²) in [5, 5.41) is 0.219. The number of ether oxygens (including phenoxy) is 1. The zero-order valence-corrected chi connectivity index (χ0v) is 18.0. The average Bonchev–Trinajstić information content (AvgIpc) is 2.87. The van der Waals surface area contributed by atoms with Gasteiger partial charge in [0.1, 0.15) is 0 Å². The molecule has 4 nitrogen and oxygen atoms in total. The third-order valence-electron chi connectivity index (χ3n) is 4.76. The van der Waals surface area contributed by atoms with Gasteiger partial charge in [-0.2, -0.15) is 0 Å². The molecule has 0 fully saturated rings. The monoisotopic (exact) mass is 375 g/mol. The summed E-state index contributed by atoms with van der Waals surface area (Å²) >= 11 is 0. The first-order valence-corrected chi connectivity index (χ1v) is 10.5. The fourth-order valence-corrected chi connectivity index (χ4v) is 7.83. The molecule has 2 aromatic rings. The molecule has 1 heterocycles. The normalized spacial score (nSPS) is 13.5. The Labute approximate surface area is 156 Å². The summed E-state index contributed by atoms with van der Waals surface area (Å²) in [6.07, 6.45) is 5.14. The smallest absolute Gasteiger partial charge is 0.330 e. The number of carbonyl (C=O) groups excluding carboxylic acids is 1. The Hall–Kier alpha value is -1.80. The van der Waals surface area contributed by atoms with Gasteiger partial charge in [0.05, 0.1) is 12.6 Å². The molecule has 26 heavy (non-hydrogen) atoms. The number of fused-ring (bicyclic) bond motifs is 1. The molecule has 0 aliphatic carbocycles. The van der Waals surface area contributed by atoms with Crippen molar-refractivity contribution in [3.05, 3.63) is 41.6 Å². The van der Waals surface area contributed by atoms with Gasteiger partial charge in [0.25, 0.3) is 0 Å². The molecule has 5 heteroatoms. The highest BCUT2D eigenvalue weighted by Crippen LogP contribution is 2.68. The zero-order valence-electron chi connectivity index (χ0n) is 17.1. The van der Waals surface area contributed by atoms with Crippen LogP contribution in [0.25, 0.3) is 17.0 Å². The number of benzene rings is 1. The van der Waals surface area contributed by atoms with Crippen LogP contribution in [-0.4, -0.2) is 27.7 Å². The standard InChI is InChI=1S/C21H30NO3P/c1-15-14-22(26(24,20(2,3)4)21(5,6)7)19-16(10-9-11-17(15)19)12-13-18(23)25-8/h9-14H,1-8H3/b13-12+. The van der Waals surface area contributed by atoms with E-state index in [2.05, 4.69) is 0 Å². The molecular formula is C21H30NO3P. The molecule has 0 saturated carbocycles. The van der Waals surface area contributed by atoms with Crippen LogP contribution in [0.2, 0.25) is 0 Å². The van der Waals surface area contributed by atoms with E-state index in [9.17, 15) is 9.36 Å². The minimum absolute atomic E-state index is 0.411. The van der Waals surface area contributed by atoms with Gasteiger partial charge in [0.2, 0.25) is 0 Å². The first-order chi connectivity index (χ1) is 11.8. The van der Waals surface area contributed by atoms with Crippen molar-refractivity contribution in [1.82, 2.24) is 4.34 Å². The highest BCUT2D eigenvalue weighted by Gasteiger charge is 2.48. The summed E-state index contributed by atoms with van der Waals surface area (Å²) in [6, 6.07) is 5.93. The highest BCUT2D eigenvalue weighted by atomic mass is 31.2. The van der Waals surface area contributed by atoms with Crippen molar-refractivity contribution in [3.8, 4) is 0 Å². The van der Waals surface area contributed by atoms with Gasteiger partial charge in [-0.1, -0.05) is 59.7 Å². The maximum absolute atomic E-state index is 14.5. The van der Waals surface area contributed by atoms with E-state index in [0.29, 0.717) is 0 Å². The van der Waals surface area contributed by atoms with Crippen LogP contribution in [0.1, 0.15) is 52.7 Å². The molecule has 0 saturated heterocycles. The van der Waals surface area contributed by atoms with E-state index < -0.39 is 23.6 Å². The van der Waals surface area contributed by atoms with E-state index >= 15 is 0 Å². The number of hydrogen-bond donors (Lipinski definition) is 0. The summed E-state index contributed by atoms with van der Waals surface area (Å²) in [5.74, 6) is -0.411. The predicted molar refractivity (Wildman–Crippen MR) is 110 cm³/mol. The molecule has 0 N–H and O–H groups in total. The van der Waals surface area contributed by atoms with Gasteiger partial charge in [-0.3, -0.25) is 8.90 Å². The Bertz CT molecular complexity index is 890. The minimum atomic E-state index is -2.88. The fraction of sp³-hybridized carbons (Fsp3) is 0.476. The number of nitrogens with zero attached hydrogens (tertiary/aromatic N) is 1. The molecule has 1 aromatic heterocycles. The molecule has 0 unspecified atom stereocenters. The highest BCUT2D eigenvalue weighted by molar-refractivity contribution is 7.65. The van der Waals surface area contributed by atoms with Gasteiger partial charge in [-0.05, 0) is 24.1 Å². The topological polar surface area (TPSA) is 48.3 Å². The number of carbonyl (C=O) groups is 1. The predicted octanol–water partition coefficient (Wildman–Crippen LogP) is 5.86. The van der Waals surface area contributed by atoms with Gasteiger partial charge in [0.15, 0.2) is 7.29 Å². The SMILES string of the molecule is COC(=O)/C=C/c1cccc2c(C)cn(P(=O)(C(C)(C)C)C(C)(C)C)c12. The van der Waals surface area contributed by atoms with Crippen molar-refractivity contribution in [2.45, 2.75) is 58.8 Å². The molecule has 0 amide bonds. The largest absolute Gasteiger partial charge is 0.466 e. The average molecular weight is 375 g/mol. The molecule has 0 spiro atoms. The minimum Gasteiger partial charge on any atom is -0.466 e. The molecular weight excluding hydrogens is 345 g/mol. The molecule has 0 bridgehead atoms. The van der Waals surface area contributed by atoms with Gasteiger partial charge >= 0.3 is 5.97 Å². The second-order valence-corrected chi connectivity index (χ2v) is 12.9. The number of aryl methyl sites for hydroxylation is 1. The van der Waals surface area contributed by atoms with Crippen LogP contribution in [0.3, 0.4) is 0 Å². The summed E-state index contributed by atoms with van der Waals surface area (Å²) in [6.45, 7) is 14.2. The third kappa shape index (κ3) is 3.27. The van der Waals surface area contributed by atoms with E-state index in [1.54, 1.807) is 6.08 Å². The quantitative estimate of drug-likeness (QED) is 0.383. The number of para-hydroxylation sites is 1. The summed E-state index contributed by atoms with van der Waals surface area (Å²) < 4.78 is 21.2. The number of methoxy groups -OCH3 is 1. The lowest BCUT2D eigenvalue weighted by Crippen LogP contribution is -2.32. The van der Waals surface area contributed by atoms with E-state index in [4.69, 9.17) is 4.74 Å². The van der Waals surface area contributed by atoms with Crippen LogP contribution in [0.15, 0.2) is 30.5 Å². The van der Waals surface area contributed by atoms with Crippen molar-refractivity contribution < 1.29 is 14.1 Å². The summed E-state index contributed by atoms with van der Waals surface area (Å²) in [5.41, 5.74) is 2.83. The van der Waals surface area contributed by atoms with E-state index in [1.807, 2.05) is 77.2 Å². The number of rotatable bonds is 3. The van der Waals surface area contributed by atoms with Crippen molar-refractivity contribution in [2.24, 2.45) is 0 Å². The fourth-order valence-electron chi connectivity index (χ4n) is 3.69. The molecule has 0 radical (unpaired) electrons. The Morgan fingerprint density at radius 1 is 1.12 bits per heavy atom. The lowest BCUT2D eigenvalue weighted by atomic mass is 10.1. The first-order valence-electron chi connectivity index (χ1n) is 8.82. The van der Waals surface area contributed by atoms with Crippen LogP contribution in [-0.2, 0) is 14.1 Å². The van der Waals surface area contributed by atoms with Gasteiger partial charge in [0, 0.05) is 28.0 Å². The number of hydrogen-bond acceptors (Lipinski definition) is 3. The molecule has 142 valence electrons. The zero-order chi connectivity index (χ0) is 19.9. The maximum Gasteiger partial charge on any atom is 0.330 e. The van der Waals surface area contributed by atoms with Crippen LogP contribution in [0.5, 0.6) is 0 Å². The van der Waals surface area contributed by atoms with Crippen molar-refractivity contribution in [1.29, 1.82) is 0 Å². The Morgan fingerprint density at radius 3 is 2.19 bits per heavy atom. The van der Waals surface area contributed by atoms with Crippen LogP contribution in [0, 0.1) is 6.92 Å². The third-order valence-corrected chi connectivity index (χ3v) is 9.32. The lowest BCUT2D eigenvalue weighted by molar-refractivity contribution is -0.134. The summed E-state index contributed by atoms with van der Waals surface area (Å²) in [7, 11) is -1.52. The Kier molecular flexibility index (Phi) is 5.31. The number of aromatic nitrogens is 1. The molecule has 0 atom stereocenters. The van der Waals surface area contributed by atoms with Gasteiger partial charge in [-0.15, -0.1) is 0 Å². The number of esters is 1. The van der Waals surface area contributed by atoms with Crippen molar-refractivity contribution in [2.75, 3.05) is 7.11 Å². The molecule has 0 aliphatic rings. The van der Waals surface area contributed by atoms with Crippen LogP contribution in [0.4, 0.5) is 0 Å². The van der Waals surface area contributed by atoms with E-state index in [-0.39, 0.29) is 0 Å². The lowest BCUT2D eigenvalue weighted by Gasteiger charge is -2.42. The molecule has 1 aromatic carbocycles. The van der Waals surface area contributed by atoms with Gasteiger partial charge < -0.3 is 4.74 Å². The van der Waals surface area contributed by atoms with Crippen molar-refractivity contribution >= 4 is 30.2 Å². The maximum atomic E-state index is 14.5. The van der Waals surface area contributed by atoms with E-state index in [0.717, 1.165) is 22.0 Å². The molecule has 2 rings (SSSR count). The first kappa shape index (κ1) is 20.5. The Balaban J connectivity index is 2.90. The Morgan fingerprint density at radius 2 is 1.69 bits per heavy atom. The van der Waals surface area contributed by atoms with Crippen LogP contribution < -0.4 is 0 Å².